The summed E-state index contributed by atoms with van der Waals surface area (Å²) in [4.78, 5) is 2.43. The standard InChI is InChI=1S/C44H30N2/c1-3-15-31(16-4-1)43-37-21-7-9-23-39(37)44(40-24-10-8-22-38(40)43)45(32-17-5-2-6-18-32)33-27-29-34(30-28-33)46-41-25-13-11-19-35(41)36-20-12-14-26-42(36)46/h1-30H. The third-order valence-electron chi connectivity index (χ3n) is 9.15. The van der Waals surface area contributed by atoms with Crippen LogP contribution < -0.4 is 4.90 Å². The lowest BCUT2D eigenvalue weighted by Crippen LogP contribution is -2.11. The Morgan fingerprint density at radius 1 is 0.326 bits per heavy atom. The van der Waals surface area contributed by atoms with Crippen molar-refractivity contribution >= 4 is 60.4 Å². The van der Waals surface area contributed by atoms with Crippen molar-refractivity contribution in [2.24, 2.45) is 0 Å². The van der Waals surface area contributed by atoms with Crippen molar-refractivity contribution in [3.8, 4) is 16.8 Å². The first-order valence-corrected chi connectivity index (χ1v) is 15.8. The summed E-state index contributed by atoms with van der Waals surface area (Å²) in [7, 11) is 0. The van der Waals surface area contributed by atoms with Gasteiger partial charge in [-0.05, 0) is 70.4 Å². The van der Waals surface area contributed by atoms with Crippen LogP contribution in [0.15, 0.2) is 182 Å². The molecule has 0 spiro atoms. The molecule has 0 radical (unpaired) electrons. The second-order valence-electron chi connectivity index (χ2n) is 11.7. The van der Waals surface area contributed by atoms with E-state index in [0.717, 1.165) is 17.1 Å². The zero-order chi connectivity index (χ0) is 30.5. The largest absolute Gasteiger partial charge is 0.309 e. The molecule has 1 aromatic heterocycles. The van der Waals surface area contributed by atoms with Gasteiger partial charge in [-0.25, -0.2) is 0 Å². The molecule has 0 saturated heterocycles. The minimum absolute atomic E-state index is 1.11. The Morgan fingerprint density at radius 3 is 1.28 bits per heavy atom. The molecule has 216 valence electrons. The Labute approximate surface area is 268 Å². The van der Waals surface area contributed by atoms with Crippen LogP contribution in [-0.4, -0.2) is 4.57 Å². The van der Waals surface area contributed by atoms with Gasteiger partial charge in [0.15, 0.2) is 0 Å². The van der Waals surface area contributed by atoms with Crippen molar-refractivity contribution in [3.63, 3.8) is 0 Å². The molecular formula is C44H30N2. The van der Waals surface area contributed by atoms with Crippen molar-refractivity contribution in [2.75, 3.05) is 4.90 Å². The van der Waals surface area contributed by atoms with Crippen molar-refractivity contribution in [1.82, 2.24) is 4.57 Å². The molecule has 1 heterocycles. The number of aromatic nitrogens is 1. The first kappa shape index (κ1) is 26.3. The van der Waals surface area contributed by atoms with Gasteiger partial charge in [0.05, 0.1) is 16.7 Å². The molecule has 8 aromatic carbocycles. The quantitative estimate of drug-likeness (QED) is 0.182. The number of para-hydroxylation sites is 3. The third kappa shape index (κ3) is 4.12. The van der Waals surface area contributed by atoms with E-state index in [0.29, 0.717) is 0 Å². The van der Waals surface area contributed by atoms with E-state index >= 15 is 0 Å². The van der Waals surface area contributed by atoms with Gasteiger partial charge in [0, 0.05) is 38.6 Å². The fourth-order valence-corrected chi connectivity index (χ4v) is 7.20. The molecule has 9 rings (SSSR count). The number of hydrogen-bond acceptors (Lipinski definition) is 1. The zero-order valence-corrected chi connectivity index (χ0v) is 25.2. The fraction of sp³-hybridized carbons (Fsp3) is 0. The maximum absolute atomic E-state index is 2.43. The second kappa shape index (κ2) is 10.8. The molecule has 0 atom stereocenters. The van der Waals surface area contributed by atoms with E-state index in [1.807, 2.05) is 0 Å². The van der Waals surface area contributed by atoms with Gasteiger partial charge in [0.1, 0.15) is 0 Å². The summed E-state index contributed by atoms with van der Waals surface area (Å²) in [5.41, 5.74) is 9.47. The van der Waals surface area contributed by atoms with Crippen LogP contribution in [0.4, 0.5) is 17.1 Å². The molecule has 0 fully saturated rings. The number of hydrogen-bond donors (Lipinski definition) is 0. The normalized spacial score (nSPS) is 11.5. The van der Waals surface area contributed by atoms with Crippen LogP contribution in [0, 0.1) is 0 Å². The van der Waals surface area contributed by atoms with Crippen molar-refractivity contribution in [3.05, 3.63) is 182 Å². The Bertz CT molecular complexity index is 2400. The molecule has 0 amide bonds. The van der Waals surface area contributed by atoms with E-state index in [1.165, 1.54) is 60.2 Å². The highest BCUT2D eigenvalue weighted by Crippen LogP contribution is 2.48. The average molecular weight is 587 g/mol. The van der Waals surface area contributed by atoms with E-state index in [2.05, 4.69) is 191 Å². The lowest BCUT2D eigenvalue weighted by molar-refractivity contribution is 1.17. The summed E-state index contributed by atoms with van der Waals surface area (Å²) in [6.45, 7) is 0. The Balaban J connectivity index is 1.30. The smallest absolute Gasteiger partial charge is 0.0618 e. The summed E-state index contributed by atoms with van der Waals surface area (Å²) >= 11 is 0. The molecular weight excluding hydrogens is 556 g/mol. The Morgan fingerprint density at radius 2 is 0.739 bits per heavy atom. The van der Waals surface area contributed by atoms with Crippen LogP contribution in [-0.2, 0) is 0 Å². The average Bonchev–Trinajstić information content (AvgIpc) is 3.47. The maximum atomic E-state index is 2.43. The van der Waals surface area contributed by atoms with E-state index in [4.69, 9.17) is 0 Å². The summed E-state index contributed by atoms with van der Waals surface area (Å²) in [6, 6.07) is 65.6. The van der Waals surface area contributed by atoms with Crippen LogP contribution in [0.2, 0.25) is 0 Å². The minimum atomic E-state index is 1.11. The number of anilines is 3. The lowest BCUT2D eigenvalue weighted by atomic mass is 9.90. The minimum Gasteiger partial charge on any atom is -0.309 e. The van der Waals surface area contributed by atoms with Crippen LogP contribution in [0.1, 0.15) is 0 Å². The summed E-state index contributed by atoms with van der Waals surface area (Å²) < 4.78 is 2.38. The van der Waals surface area contributed by atoms with Crippen LogP contribution in [0.5, 0.6) is 0 Å². The monoisotopic (exact) mass is 586 g/mol. The number of nitrogens with zero attached hydrogens (tertiary/aromatic N) is 2. The van der Waals surface area contributed by atoms with Gasteiger partial charge in [0.25, 0.3) is 0 Å². The van der Waals surface area contributed by atoms with Gasteiger partial charge in [0.2, 0.25) is 0 Å². The van der Waals surface area contributed by atoms with Gasteiger partial charge >= 0.3 is 0 Å². The predicted octanol–water partition coefficient (Wildman–Crippen LogP) is 12.2. The highest BCUT2D eigenvalue weighted by atomic mass is 15.1. The van der Waals surface area contributed by atoms with Crippen molar-refractivity contribution in [1.29, 1.82) is 0 Å². The second-order valence-corrected chi connectivity index (χ2v) is 11.7. The number of benzene rings is 8. The summed E-state index contributed by atoms with van der Waals surface area (Å²) in [5, 5.41) is 7.45. The molecule has 0 aliphatic heterocycles. The van der Waals surface area contributed by atoms with Crippen LogP contribution >= 0.6 is 0 Å². The Hall–Kier alpha value is -6.12. The van der Waals surface area contributed by atoms with Crippen LogP contribution in [0.25, 0.3) is 60.2 Å². The highest BCUT2D eigenvalue weighted by molar-refractivity contribution is 6.22. The van der Waals surface area contributed by atoms with Gasteiger partial charge in [-0.15, -0.1) is 0 Å². The number of fused-ring (bicyclic) bond motifs is 5. The topological polar surface area (TPSA) is 8.17 Å². The number of rotatable bonds is 5. The first-order valence-electron chi connectivity index (χ1n) is 15.8. The van der Waals surface area contributed by atoms with Gasteiger partial charge in [-0.3, -0.25) is 0 Å². The summed E-state index contributed by atoms with van der Waals surface area (Å²) in [6.07, 6.45) is 0. The highest BCUT2D eigenvalue weighted by Gasteiger charge is 2.22. The van der Waals surface area contributed by atoms with Crippen molar-refractivity contribution < 1.29 is 0 Å². The van der Waals surface area contributed by atoms with Crippen LogP contribution in [0.3, 0.4) is 0 Å². The maximum Gasteiger partial charge on any atom is 0.0618 e. The molecule has 0 saturated carbocycles. The molecule has 9 aromatic rings. The fourth-order valence-electron chi connectivity index (χ4n) is 7.20. The van der Waals surface area contributed by atoms with E-state index < -0.39 is 0 Å². The molecule has 2 nitrogen and oxygen atoms in total. The molecule has 0 bridgehead atoms. The third-order valence-corrected chi connectivity index (χ3v) is 9.15. The SMILES string of the molecule is c1ccc(-c2c3ccccc3c(N(c3ccccc3)c3ccc(-n4c5ccccc5c5ccccc54)cc3)c3ccccc23)cc1. The van der Waals surface area contributed by atoms with E-state index in [-0.39, 0.29) is 0 Å². The van der Waals surface area contributed by atoms with Gasteiger partial charge in [-0.2, -0.15) is 0 Å². The molecule has 0 unspecified atom stereocenters. The Kier molecular flexibility index (Phi) is 6.17. The van der Waals surface area contributed by atoms with Crippen molar-refractivity contribution in [2.45, 2.75) is 0 Å². The van der Waals surface area contributed by atoms with Gasteiger partial charge < -0.3 is 9.47 Å². The summed E-state index contributed by atoms with van der Waals surface area (Å²) in [5.74, 6) is 0. The van der Waals surface area contributed by atoms with E-state index in [1.54, 1.807) is 0 Å². The molecule has 2 heteroatoms. The van der Waals surface area contributed by atoms with E-state index in [9.17, 15) is 0 Å². The first-order chi connectivity index (χ1) is 22.9. The molecule has 46 heavy (non-hydrogen) atoms. The predicted molar refractivity (Wildman–Crippen MR) is 196 cm³/mol. The zero-order valence-electron chi connectivity index (χ0n) is 25.2. The molecule has 0 N–H and O–H groups in total. The molecule has 0 aliphatic rings. The lowest BCUT2D eigenvalue weighted by Gasteiger charge is -2.29. The van der Waals surface area contributed by atoms with Gasteiger partial charge in [-0.1, -0.05) is 133 Å². The molecule has 0 aliphatic carbocycles.